The van der Waals surface area contributed by atoms with Crippen LogP contribution in [0.25, 0.3) is 0 Å². The molecule has 5 amide bonds. The lowest BCUT2D eigenvalue weighted by atomic mass is 10.1. The Labute approximate surface area is 451 Å². The molecule has 0 unspecified atom stereocenters. The monoisotopic (exact) mass is 1080 g/mol. The Bertz CT molecular complexity index is 3260. The van der Waals surface area contributed by atoms with Crippen LogP contribution in [0.5, 0.6) is 0 Å². The minimum atomic E-state index is -1.35. The van der Waals surface area contributed by atoms with Crippen molar-refractivity contribution in [2.24, 2.45) is 5.73 Å². The third-order valence-electron chi connectivity index (χ3n) is 12.0. The van der Waals surface area contributed by atoms with E-state index in [-0.39, 0.29) is 99.1 Å². The maximum Gasteiger partial charge on any atom is 0.407 e. The lowest BCUT2D eigenvalue weighted by Gasteiger charge is -2.16. The molecule has 0 aliphatic carbocycles. The molecule has 23 heteroatoms. The fraction of sp³-hybridized carbons (Fsp3) is 0.250. The van der Waals surface area contributed by atoms with Gasteiger partial charge >= 0.3 is 18.2 Å². The molecule has 0 aliphatic rings. The Balaban J connectivity index is 0.947. The number of nitrogens with two attached hydrogens (primary N) is 1. The molecule has 4 heterocycles. The van der Waals surface area contributed by atoms with E-state index in [1.165, 1.54) is 6.26 Å². The van der Waals surface area contributed by atoms with Crippen LogP contribution in [0.3, 0.4) is 0 Å². The number of alkyl carbamates (subject to hydrolysis) is 2. The van der Waals surface area contributed by atoms with Gasteiger partial charge in [0.25, 0.3) is 17.7 Å². The number of ether oxygens (including phenoxy) is 2. The first-order valence-electron chi connectivity index (χ1n) is 25.1. The van der Waals surface area contributed by atoms with Crippen molar-refractivity contribution >= 4 is 35.9 Å². The van der Waals surface area contributed by atoms with Crippen LogP contribution in [0.4, 0.5) is 9.59 Å². The van der Waals surface area contributed by atoms with Crippen molar-refractivity contribution in [1.29, 1.82) is 0 Å². The molecule has 0 bridgehead atoms. The van der Waals surface area contributed by atoms with Crippen molar-refractivity contribution in [3.8, 4) is 0 Å². The molecule has 4 aromatic carbocycles. The summed E-state index contributed by atoms with van der Waals surface area (Å²) in [4.78, 5) is 95.6. The Morgan fingerprint density at radius 2 is 0.797 bits per heavy atom. The second-order valence-electron chi connectivity index (χ2n) is 17.9. The number of carbonyl (C=O) groups excluding carboxylic acids is 5. The van der Waals surface area contributed by atoms with Gasteiger partial charge in [-0.2, -0.15) is 0 Å². The van der Waals surface area contributed by atoms with Crippen molar-refractivity contribution in [3.63, 3.8) is 0 Å². The number of rotatable bonds is 27. The number of benzene rings is 4. The number of amides is 5. The van der Waals surface area contributed by atoms with E-state index in [0.717, 1.165) is 41.0 Å². The summed E-state index contributed by atoms with van der Waals surface area (Å²) in [6.45, 7) is 0.324. The highest BCUT2D eigenvalue weighted by molar-refractivity contribution is 5.94. The van der Waals surface area contributed by atoms with E-state index >= 15 is 0 Å². The number of hydrogen-bond donors (Lipinski definition) is 7. The number of carbonyl (C=O) groups is 6. The summed E-state index contributed by atoms with van der Waals surface area (Å²) in [6, 6.07) is 33.4. The Hall–Kier alpha value is -9.90. The van der Waals surface area contributed by atoms with Crippen molar-refractivity contribution in [1.82, 2.24) is 46.5 Å². The SMILES string of the molecule is N[C@@H](Cc1ccccc1)c1nc(C(=O)N[C@@H](Cc2ccccc2)c2nc(C(=O)N[C@@H](CCCNC(=O)OCc3ccccc3)c3nc(C(=O)N[C@@H](CCCNC(=O)OCc4ccccc4)c4nc(C(=O)O)co4)co3)co2)co1. The number of carboxylic acid groups (broad SMARTS) is 1. The van der Waals surface area contributed by atoms with Crippen LogP contribution < -0.4 is 32.3 Å². The normalized spacial score (nSPS) is 12.5. The van der Waals surface area contributed by atoms with E-state index < -0.39 is 65.7 Å². The van der Waals surface area contributed by atoms with Crippen LogP contribution in [0.2, 0.25) is 0 Å². The highest BCUT2D eigenvalue weighted by Crippen LogP contribution is 2.25. The molecule has 0 aliphatic heterocycles. The van der Waals surface area contributed by atoms with Gasteiger partial charge in [-0.25, -0.2) is 34.3 Å². The maximum atomic E-state index is 14.1. The van der Waals surface area contributed by atoms with Gasteiger partial charge in [-0.15, -0.1) is 0 Å². The van der Waals surface area contributed by atoms with Gasteiger partial charge in [-0.1, -0.05) is 121 Å². The zero-order chi connectivity index (χ0) is 55.3. The number of nitrogens with one attached hydrogen (secondary N) is 5. The van der Waals surface area contributed by atoms with Gasteiger partial charge in [0.2, 0.25) is 23.6 Å². The van der Waals surface area contributed by atoms with Gasteiger partial charge < -0.3 is 64.6 Å². The predicted molar refractivity (Wildman–Crippen MR) is 279 cm³/mol. The average molecular weight is 1080 g/mol. The number of aromatic carboxylic acids is 1. The molecule has 23 nitrogen and oxygen atoms in total. The molecule has 0 spiro atoms. The van der Waals surface area contributed by atoms with Gasteiger partial charge in [0.15, 0.2) is 22.8 Å². The number of nitrogens with zero attached hydrogens (tertiary/aromatic N) is 4. The second kappa shape index (κ2) is 27.8. The minimum absolute atomic E-state index is 0.00783. The first kappa shape index (κ1) is 55.3. The molecule has 0 fully saturated rings. The van der Waals surface area contributed by atoms with E-state index in [4.69, 9.17) is 32.9 Å². The molecule has 408 valence electrons. The van der Waals surface area contributed by atoms with Gasteiger partial charge in [0, 0.05) is 19.5 Å². The molecule has 8 rings (SSSR count). The summed E-state index contributed by atoms with van der Waals surface area (Å²) in [5.74, 6) is -3.54. The fourth-order valence-electron chi connectivity index (χ4n) is 7.97. The molecule has 79 heavy (non-hydrogen) atoms. The van der Waals surface area contributed by atoms with Crippen molar-refractivity contribution in [3.05, 3.63) is 215 Å². The van der Waals surface area contributed by atoms with Crippen LogP contribution in [0, 0.1) is 0 Å². The average Bonchev–Trinajstić information content (AvgIpc) is 4.36. The fourth-order valence-corrected chi connectivity index (χ4v) is 7.97. The summed E-state index contributed by atoms with van der Waals surface area (Å²) in [5.41, 5.74) is 8.93. The number of carboxylic acids is 1. The Kier molecular flexibility index (Phi) is 19.4. The molecule has 8 N–H and O–H groups in total. The summed E-state index contributed by atoms with van der Waals surface area (Å²) in [6.07, 6.45) is 4.38. The molecular formula is C56H56N10O13. The van der Waals surface area contributed by atoms with E-state index in [0.29, 0.717) is 6.42 Å². The zero-order valence-corrected chi connectivity index (χ0v) is 42.4. The maximum absolute atomic E-state index is 14.1. The first-order valence-corrected chi connectivity index (χ1v) is 25.1. The molecule has 4 atom stereocenters. The molecule has 0 saturated carbocycles. The van der Waals surface area contributed by atoms with E-state index in [1.54, 1.807) is 0 Å². The van der Waals surface area contributed by atoms with Crippen molar-refractivity contribution in [2.45, 2.75) is 75.9 Å². The lowest BCUT2D eigenvalue weighted by molar-refractivity contribution is 0.0689. The van der Waals surface area contributed by atoms with E-state index in [9.17, 15) is 33.9 Å². The van der Waals surface area contributed by atoms with Crippen LogP contribution >= 0.6 is 0 Å². The van der Waals surface area contributed by atoms with Gasteiger partial charge in [0.05, 0.1) is 6.04 Å². The predicted octanol–water partition coefficient (Wildman–Crippen LogP) is 7.65. The lowest BCUT2D eigenvalue weighted by Crippen LogP contribution is -2.32. The third-order valence-corrected chi connectivity index (χ3v) is 12.0. The highest BCUT2D eigenvalue weighted by atomic mass is 16.6. The molecular weight excluding hydrogens is 1020 g/mol. The van der Waals surface area contributed by atoms with E-state index in [1.807, 2.05) is 121 Å². The number of hydrogen-bond acceptors (Lipinski definition) is 17. The standard InChI is InChI=1S/C56H56N10O13/c57-39(27-35-15-5-1-6-16-35)50-63-43(31-74-50)49(69)62-42(28-36-17-7-2-8-18-36)53-65-45(33-76-53)48(68)60-40(23-13-25-58-55(72)78-29-37-19-9-3-10-20-37)51-64-44(32-75-51)47(67)61-41(52-66-46(34-77-52)54(70)71)24-14-26-59-56(73)79-30-38-21-11-4-12-22-38/h1-12,15-22,31-34,39-42H,13-14,23-30,57H2,(H,58,72)(H,59,73)(H,60,68)(H,61,67)(H,62,69)(H,70,71)/t39-,40-,41-,42-/m0/s1. The summed E-state index contributed by atoms with van der Waals surface area (Å²) in [7, 11) is 0. The Morgan fingerprint density at radius 1 is 0.456 bits per heavy atom. The summed E-state index contributed by atoms with van der Waals surface area (Å²) >= 11 is 0. The van der Waals surface area contributed by atoms with Crippen LogP contribution in [0.15, 0.2) is 164 Å². The smallest absolute Gasteiger partial charge is 0.407 e. The van der Waals surface area contributed by atoms with Crippen LogP contribution in [-0.2, 0) is 35.5 Å². The highest BCUT2D eigenvalue weighted by Gasteiger charge is 2.29. The second-order valence-corrected chi connectivity index (χ2v) is 17.9. The molecule has 0 saturated heterocycles. The summed E-state index contributed by atoms with van der Waals surface area (Å²) in [5, 5.41) is 23.3. The molecule has 4 aromatic heterocycles. The first-order chi connectivity index (χ1) is 38.4. The van der Waals surface area contributed by atoms with Crippen molar-refractivity contribution in [2.75, 3.05) is 13.1 Å². The van der Waals surface area contributed by atoms with Crippen LogP contribution in [-0.4, -0.2) is 74.0 Å². The molecule has 0 radical (unpaired) electrons. The van der Waals surface area contributed by atoms with Gasteiger partial charge in [-0.3, -0.25) is 14.4 Å². The zero-order valence-electron chi connectivity index (χ0n) is 42.4. The van der Waals surface area contributed by atoms with E-state index in [2.05, 4.69) is 46.5 Å². The quantitative estimate of drug-likeness (QED) is 0.0243. The van der Waals surface area contributed by atoms with Gasteiger partial charge in [-0.05, 0) is 54.4 Å². The number of oxazole rings is 4. The largest absolute Gasteiger partial charge is 0.476 e. The van der Waals surface area contributed by atoms with Crippen molar-refractivity contribution < 1.29 is 61.0 Å². The summed E-state index contributed by atoms with van der Waals surface area (Å²) < 4.78 is 33.3. The van der Waals surface area contributed by atoms with Gasteiger partial charge in [0.1, 0.15) is 56.4 Å². The van der Waals surface area contributed by atoms with Crippen LogP contribution in [0.1, 0.15) is 138 Å². The number of aromatic nitrogens is 4. The molecule has 8 aromatic rings. The minimum Gasteiger partial charge on any atom is -0.476 e. The Morgan fingerprint density at radius 3 is 1.22 bits per heavy atom. The third kappa shape index (κ3) is 16.5. The topological polar surface area (TPSA) is 331 Å².